The number of nitrogens with zero attached hydrogens (tertiary/aromatic N) is 2. The maximum Gasteiger partial charge on any atom is 0.277 e. The van der Waals surface area contributed by atoms with E-state index >= 15 is 0 Å². The molecule has 1 aliphatic rings. The SMILES string of the molecule is CCc1ccc(OCC(=O)N/N=C(/C)c2ccc(N3CCOCC3)cc2)cc1. The Morgan fingerprint density at radius 3 is 2.43 bits per heavy atom. The lowest BCUT2D eigenvalue weighted by molar-refractivity contribution is -0.123. The van der Waals surface area contributed by atoms with E-state index in [1.54, 1.807) is 0 Å². The third kappa shape index (κ3) is 5.57. The minimum absolute atomic E-state index is 0.0712. The number of anilines is 1. The second-order valence-corrected chi connectivity index (χ2v) is 6.66. The number of rotatable bonds is 7. The average molecular weight is 381 g/mol. The quantitative estimate of drug-likeness (QED) is 0.592. The first-order chi connectivity index (χ1) is 13.7. The van der Waals surface area contributed by atoms with Gasteiger partial charge in [-0.05, 0) is 48.7 Å². The summed E-state index contributed by atoms with van der Waals surface area (Å²) >= 11 is 0. The highest BCUT2D eigenvalue weighted by atomic mass is 16.5. The van der Waals surface area contributed by atoms with E-state index in [4.69, 9.17) is 9.47 Å². The predicted octanol–water partition coefficient (Wildman–Crippen LogP) is 3.00. The standard InChI is InChI=1S/C22H27N3O3/c1-3-18-4-10-21(11-5-18)28-16-22(26)24-23-17(2)19-6-8-20(9-7-19)25-12-14-27-15-13-25/h4-11H,3,12-16H2,1-2H3,(H,24,26)/b23-17-. The molecule has 28 heavy (non-hydrogen) atoms. The van der Waals surface area contributed by atoms with Crippen LogP contribution in [0.15, 0.2) is 53.6 Å². The summed E-state index contributed by atoms with van der Waals surface area (Å²) in [7, 11) is 0. The normalized spacial score (nSPS) is 14.6. The van der Waals surface area contributed by atoms with Crippen molar-refractivity contribution in [3.8, 4) is 5.75 Å². The van der Waals surface area contributed by atoms with E-state index in [1.165, 1.54) is 11.3 Å². The van der Waals surface area contributed by atoms with Crippen LogP contribution in [0, 0.1) is 0 Å². The summed E-state index contributed by atoms with van der Waals surface area (Å²) in [6, 6.07) is 15.9. The molecule has 6 nitrogen and oxygen atoms in total. The Morgan fingerprint density at radius 2 is 1.79 bits per heavy atom. The molecule has 6 heteroatoms. The molecule has 0 bridgehead atoms. The molecular formula is C22H27N3O3. The van der Waals surface area contributed by atoms with E-state index in [2.05, 4.69) is 34.5 Å². The molecule has 2 aromatic carbocycles. The van der Waals surface area contributed by atoms with Crippen molar-refractivity contribution in [2.45, 2.75) is 20.3 Å². The predicted molar refractivity (Wildman–Crippen MR) is 111 cm³/mol. The van der Waals surface area contributed by atoms with Crippen LogP contribution in [0.1, 0.15) is 25.0 Å². The first-order valence-corrected chi connectivity index (χ1v) is 9.63. The molecule has 1 heterocycles. The van der Waals surface area contributed by atoms with E-state index in [-0.39, 0.29) is 12.5 Å². The van der Waals surface area contributed by atoms with E-state index < -0.39 is 0 Å². The van der Waals surface area contributed by atoms with Gasteiger partial charge in [0.2, 0.25) is 0 Å². The average Bonchev–Trinajstić information content (AvgIpc) is 2.77. The Balaban J connectivity index is 1.49. The molecular weight excluding hydrogens is 354 g/mol. The van der Waals surface area contributed by atoms with Crippen LogP contribution >= 0.6 is 0 Å². The van der Waals surface area contributed by atoms with Crippen LogP contribution in [-0.2, 0) is 16.0 Å². The van der Waals surface area contributed by atoms with Crippen LogP contribution in [0.3, 0.4) is 0 Å². The van der Waals surface area contributed by atoms with Gasteiger partial charge < -0.3 is 14.4 Å². The minimum Gasteiger partial charge on any atom is -0.484 e. The molecule has 1 N–H and O–H groups in total. The maximum absolute atomic E-state index is 12.0. The fourth-order valence-corrected chi connectivity index (χ4v) is 2.95. The van der Waals surface area contributed by atoms with Gasteiger partial charge in [0, 0.05) is 18.8 Å². The van der Waals surface area contributed by atoms with Gasteiger partial charge in [0.05, 0.1) is 18.9 Å². The lowest BCUT2D eigenvalue weighted by atomic mass is 10.1. The van der Waals surface area contributed by atoms with Gasteiger partial charge in [0.15, 0.2) is 6.61 Å². The molecule has 0 unspecified atom stereocenters. The number of amides is 1. The van der Waals surface area contributed by atoms with E-state index in [0.29, 0.717) is 5.75 Å². The van der Waals surface area contributed by atoms with Crippen molar-refractivity contribution >= 4 is 17.3 Å². The van der Waals surface area contributed by atoms with Gasteiger partial charge in [-0.25, -0.2) is 5.43 Å². The number of carbonyl (C=O) groups is 1. The van der Waals surface area contributed by atoms with Gasteiger partial charge in [0.1, 0.15) is 5.75 Å². The Hall–Kier alpha value is -2.86. The number of carbonyl (C=O) groups excluding carboxylic acids is 1. The van der Waals surface area contributed by atoms with Crippen molar-refractivity contribution in [3.05, 3.63) is 59.7 Å². The number of morpholine rings is 1. The number of aryl methyl sites for hydroxylation is 1. The van der Waals surface area contributed by atoms with Crippen molar-refractivity contribution in [2.24, 2.45) is 5.10 Å². The molecule has 0 spiro atoms. The van der Waals surface area contributed by atoms with Crippen LogP contribution < -0.4 is 15.1 Å². The fourth-order valence-electron chi connectivity index (χ4n) is 2.95. The van der Waals surface area contributed by atoms with Gasteiger partial charge in [-0.1, -0.05) is 31.2 Å². The summed E-state index contributed by atoms with van der Waals surface area (Å²) in [5.74, 6) is 0.385. The fraction of sp³-hybridized carbons (Fsp3) is 0.364. The minimum atomic E-state index is -0.288. The zero-order valence-corrected chi connectivity index (χ0v) is 16.5. The first-order valence-electron chi connectivity index (χ1n) is 9.63. The molecule has 0 aliphatic carbocycles. The highest BCUT2D eigenvalue weighted by Crippen LogP contribution is 2.17. The van der Waals surface area contributed by atoms with Gasteiger partial charge in [-0.2, -0.15) is 5.10 Å². The van der Waals surface area contributed by atoms with Crippen LogP contribution in [0.25, 0.3) is 0 Å². The number of hydrazone groups is 1. The van der Waals surface area contributed by atoms with Crippen LogP contribution in [0.2, 0.25) is 0 Å². The number of hydrogen-bond acceptors (Lipinski definition) is 5. The van der Waals surface area contributed by atoms with Crippen molar-refractivity contribution in [3.63, 3.8) is 0 Å². The Bertz CT molecular complexity index is 795. The van der Waals surface area contributed by atoms with Crippen molar-refractivity contribution in [2.75, 3.05) is 37.8 Å². The maximum atomic E-state index is 12.0. The molecule has 148 valence electrons. The number of ether oxygens (including phenoxy) is 2. The highest BCUT2D eigenvalue weighted by molar-refractivity contribution is 5.99. The van der Waals surface area contributed by atoms with Crippen molar-refractivity contribution in [1.29, 1.82) is 0 Å². The molecule has 0 saturated carbocycles. The van der Waals surface area contributed by atoms with E-state index in [9.17, 15) is 4.79 Å². The first kappa shape index (κ1) is 19.9. The summed E-state index contributed by atoms with van der Waals surface area (Å²) in [6.45, 7) is 7.23. The Labute approximate surface area is 166 Å². The molecule has 1 aliphatic heterocycles. The highest BCUT2D eigenvalue weighted by Gasteiger charge is 2.11. The molecule has 0 aromatic heterocycles. The number of hydrogen-bond donors (Lipinski definition) is 1. The zero-order valence-electron chi connectivity index (χ0n) is 16.5. The third-order valence-corrected chi connectivity index (χ3v) is 4.71. The van der Waals surface area contributed by atoms with E-state index in [1.807, 2.05) is 43.3 Å². The smallest absolute Gasteiger partial charge is 0.277 e. The molecule has 0 atom stereocenters. The Morgan fingerprint density at radius 1 is 1.11 bits per heavy atom. The topological polar surface area (TPSA) is 63.2 Å². The second-order valence-electron chi connectivity index (χ2n) is 6.66. The summed E-state index contributed by atoms with van der Waals surface area (Å²) < 4.78 is 10.9. The molecule has 1 saturated heterocycles. The number of nitrogens with one attached hydrogen (secondary N) is 1. The number of benzene rings is 2. The van der Waals surface area contributed by atoms with Gasteiger partial charge in [-0.3, -0.25) is 4.79 Å². The molecule has 1 amide bonds. The lowest BCUT2D eigenvalue weighted by Crippen LogP contribution is -2.36. The van der Waals surface area contributed by atoms with Crippen LogP contribution in [0.5, 0.6) is 5.75 Å². The third-order valence-electron chi connectivity index (χ3n) is 4.71. The van der Waals surface area contributed by atoms with Gasteiger partial charge >= 0.3 is 0 Å². The molecule has 1 fully saturated rings. The van der Waals surface area contributed by atoms with Crippen LogP contribution in [-0.4, -0.2) is 44.5 Å². The second kappa shape index (κ2) is 9.90. The molecule has 2 aromatic rings. The van der Waals surface area contributed by atoms with Crippen molar-refractivity contribution < 1.29 is 14.3 Å². The summed E-state index contributed by atoms with van der Waals surface area (Å²) in [6.07, 6.45) is 0.974. The molecule has 0 radical (unpaired) electrons. The largest absolute Gasteiger partial charge is 0.484 e. The van der Waals surface area contributed by atoms with Crippen molar-refractivity contribution in [1.82, 2.24) is 5.43 Å². The lowest BCUT2D eigenvalue weighted by Gasteiger charge is -2.28. The zero-order chi connectivity index (χ0) is 19.8. The van der Waals surface area contributed by atoms with Gasteiger partial charge in [-0.15, -0.1) is 0 Å². The summed E-state index contributed by atoms with van der Waals surface area (Å²) in [5.41, 5.74) is 6.67. The van der Waals surface area contributed by atoms with Gasteiger partial charge in [0.25, 0.3) is 5.91 Å². The Kier molecular flexibility index (Phi) is 7.03. The van der Waals surface area contributed by atoms with Crippen LogP contribution in [0.4, 0.5) is 5.69 Å². The summed E-state index contributed by atoms with van der Waals surface area (Å²) in [5, 5.41) is 4.18. The summed E-state index contributed by atoms with van der Waals surface area (Å²) in [4.78, 5) is 14.3. The van der Waals surface area contributed by atoms with E-state index in [0.717, 1.165) is 44.0 Å². The monoisotopic (exact) mass is 381 g/mol. The molecule has 3 rings (SSSR count).